The molecule has 3 atom stereocenters. The molecule has 2 aromatic carbocycles. The summed E-state index contributed by atoms with van der Waals surface area (Å²) < 4.78 is 5.28. The number of aryl methyl sites for hydroxylation is 1. The molecular formula is C26H32N2O4S. The van der Waals surface area contributed by atoms with Crippen molar-refractivity contribution in [3.8, 4) is 0 Å². The van der Waals surface area contributed by atoms with Crippen molar-refractivity contribution in [3.63, 3.8) is 0 Å². The SMILES string of the molecule is Cc1ccc(NC(=O)CSc2ccccc2C(=O)OCC(=O)N[C@@H]2CCC[C@@H](C)[C@@H]2C)cc1. The molecule has 3 rings (SSSR count). The Balaban J connectivity index is 1.50. The van der Waals surface area contributed by atoms with Crippen LogP contribution in [0.1, 0.15) is 49.0 Å². The second-order valence-corrected chi connectivity index (χ2v) is 9.73. The minimum Gasteiger partial charge on any atom is -0.452 e. The number of hydrogen-bond donors (Lipinski definition) is 2. The van der Waals surface area contributed by atoms with E-state index in [1.807, 2.05) is 31.2 Å². The Morgan fingerprint density at radius 1 is 1.00 bits per heavy atom. The third-order valence-corrected chi connectivity index (χ3v) is 7.26. The lowest BCUT2D eigenvalue weighted by molar-refractivity contribution is -0.125. The Morgan fingerprint density at radius 3 is 2.48 bits per heavy atom. The van der Waals surface area contributed by atoms with Crippen LogP contribution in [0.5, 0.6) is 0 Å². The number of esters is 1. The number of carbonyl (C=O) groups excluding carboxylic acids is 3. The molecule has 1 aliphatic carbocycles. The average molecular weight is 469 g/mol. The number of amides is 2. The summed E-state index contributed by atoms with van der Waals surface area (Å²) in [5.41, 5.74) is 2.19. The fourth-order valence-electron chi connectivity index (χ4n) is 3.98. The van der Waals surface area contributed by atoms with Crippen LogP contribution in [-0.4, -0.2) is 36.2 Å². The van der Waals surface area contributed by atoms with E-state index in [1.165, 1.54) is 18.2 Å². The second kappa shape index (κ2) is 11.9. The molecule has 0 aromatic heterocycles. The third-order valence-electron chi connectivity index (χ3n) is 6.19. The molecule has 0 saturated heterocycles. The molecule has 0 radical (unpaired) electrons. The lowest BCUT2D eigenvalue weighted by Gasteiger charge is -2.34. The molecule has 176 valence electrons. The quantitative estimate of drug-likeness (QED) is 0.428. The van der Waals surface area contributed by atoms with Crippen LogP contribution in [0.4, 0.5) is 5.69 Å². The molecule has 0 heterocycles. The van der Waals surface area contributed by atoms with Gasteiger partial charge in [0.1, 0.15) is 0 Å². The molecule has 1 saturated carbocycles. The number of nitrogens with one attached hydrogen (secondary N) is 2. The minimum atomic E-state index is -0.572. The Labute approximate surface area is 199 Å². The molecule has 6 nitrogen and oxygen atoms in total. The number of anilines is 1. The number of rotatable bonds is 8. The summed E-state index contributed by atoms with van der Waals surface area (Å²) in [4.78, 5) is 37.9. The van der Waals surface area contributed by atoms with Gasteiger partial charge in [0.25, 0.3) is 5.91 Å². The Bertz CT molecular complexity index is 977. The van der Waals surface area contributed by atoms with Crippen molar-refractivity contribution in [2.75, 3.05) is 17.7 Å². The topological polar surface area (TPSA) is 84.5 Å². The Hall–Kier alpha value is -2.80. The first-order valence-electron chi connectivity index (χ1n) is 11.4. The fourth-order valence-corrected chi connectivity index (χ4v) is 4.82. The molecule has 0 spiro atoms. The first kappa shape index (κ1) is 24.8. The van der Waals surface area contributed by atoms with Gasteiger partial charge in [-0.3, -0.25) is 9.59 Å². The zero-order valence-electron chi connectivity index (χ0n) is 19.4. The van der Waals surface area contributed by atoms with Crippen molar-refractivity contribution in [3.05, 3.63) is 59.7 Å². The number of thioether (sulfide) groups is 1. The Morgan fingerprint density at radius 2 is 1.73 bits per heavy atom. The maximum absolute atomic E-state index is 12.6. The van der Waals surface area contributed by atoms with Gasteiger partial charge < -0.3 is 15.4 Å². The van der Waals surface area contributed by atoms with Crippen LogP contribution >= 0.6 is 11.8 Å². The van der Waals surface area contributed by atoms with Crippen molar-refractivity contribution in [1.82, 2.24) is 5.32 Å². The molecule has 1 aliphatic rings. The maximum Gasteiger partial charge on any atom is 0.339 e. The van der Waals surface area contributed by atoms with Gasteiger partial charge in [-0.2, -0.15) is 0 Å². The predicted octanol–water partition coefficient (Wildman–Crippen LogP) is 4.82. The summed E-state index contributed by atoms with van der Waals surface area (Å²) in [6.07, 6.45) is 3.23. The highest BCUT2D eigenvalue weighted by Crippen LogP contribution is 2.29. The van der Waals surface area contributed by atoms with Gasteiger partial charge in [0.2, 0.25) is 5.91 Å². The van der Waals surface area contributed by atoms with Gasteiger partial charge in [-0.1, -0.05) is 56.5 Å². The van der Waals surface area contributed by atoms with E-state index in [0.717, 1.165) is 24.1 Å². The monoisotopic (exact) mass is 468 g/mol. The zero-order chi connectivity index (χ0) is 23.8. The van der Waals surface area contributed by atoms with Crippen molar-refractivity contribution < 1.29 is 19.1 Å². The lowest BCUT2D eigenvalue weighted by atomic mass is 9.78. The minimum absolute atomic E-state index is 0.120. The third kappa shape index (κ3) is 7.35. The molecule has 2 N–H and O–H groups in total. The number of ether oxygens (including phenoxy) is 1. The first-order valence-corrected chi connectivity index (χ1v) is 12.4. The fraction of sp³-hybridized carbons (Fsp3) is 0.423. The molecule has 0 bridgehead atoms. The van der Waals surface area contributed by atoms with Crippen LogP contribution in [0.3, 0.4) is 0 Å². The maximum atomic E-state index is 12.6. The lowest BCUT2D eigenvalue weighted by Crippen LogP contribution is -2.45. The van der Waals surface area contributed by atoms with E-state index in [2.05, 4.69) is 24.5 Å². The first-order chi connectivity index (χ1) is 15.8. The van der Waals surface area contributed by atoms with Crippen LogP contribution < -0.4 is 10.6 Å². The summed E-state index contributed by atoms with van der Waals surface area (Å²) in [5, 5.41) is 5.86. The van der Waals surface area contributed by atoms with Gasteiger partial charge in [-0.25, -0.2) is 4.79 Å². The molecule has 33 heavy (non-hydrogen) atoms. The van der Waals surface area contributed by atoms with Crippen LogP contribution in [0, 0.1) is 18.8 Å². The number of hydrogen-bond acceptors (Lipinski definition) is 5. The van der Waals surface area contributed by atoms with Crippen molar-refractivity contribution >= 4 is 35.2 Å². The van der Waals surface area contributed by atoms with Gasteiger partial charge in [0.05, 0.1) is 11.3 Å². The molecule has 2 aromatic rings. The normalized spacial score (nSPS) is 20.0. The summed E-state index contributed by atoms with van der Waals surface area (Å²) in [5.74, 6) is 0.104. The summed E-state index contributed by atoms with van der Waals surface area (Å²) in [6, 6.07) is 14.6. The number of carbonyl (C=O) groups is 3. The van der Waals surface area contributed by atoms with E-state index in [-0.39, 0.29) is 30.2 Å². The molecule has 1 fully saturated rings. The molecule has 7 heteroatoms. The molecule has 0 unspecified atom stereocenters. The zero-order valence-corrected chi connectivity index (χ0v) is 20.2. The van der Waals surface area contributed by atoms with E-state index in [1.54, 1.807) is 24.3 Å². The average Bonchev–Trinajstić information content (AvgIpc) is 2.81. The Kier molecular flexibility index (Phi) is 8.95. The predicted molar refractivity (Wildman–Crippen MR) is 131 cm³/mol. The van der Waals surface area contributed by atoms with E-state index in [0.29, 0.717) is 22.3 Å². The van der Waals surface area contributed by atoms with Crippen LogP contribution in [0.25, 0.3) is 0 Å². The number of benzene rings is 2. The highest BCUT2D eigenvalue weighted by molar-refractivity contribution is 8.00. The highest BCUT2D eigenvalue weighted by atomic mass is 32.2. The summed E-state index contributed by atoms with van der Waals surface area (Å²) in [7, 11) is 0. The van der Waals surface area contributed by atoms with Gasteiger partial charge >= 0.3 is 5.97 Å². The molecular weight excluding hydrogens is 436 g/mol. The van der Waals surface area contributed by atoms with E-state index in [4.69, 9.17) is 4.74 Å². The van der Waals surface area contributed by atoms with E-state index >= 15 is 0 Å². The van der Waals surface area contributed by atoms with Crippen molar-refractivity contribution in [1.29, 1.82) is 0 Å². The van der Waals surface area contributed by atoms with Gasteiger partial charge in [0.15, 0.2) is 6.61 Å². The van der Waals surface area contributed by atoms with Gasteiger partial charge in [-0.05, 0) is 49.4 Å². The molecule has 0 aliphatic heterocycles. The molecule has 2 amide bonds. The van der Waals surface area contributed by atoms with Gasteiger partial charge in [0, 0.05) is 16.6 Å². The van der Waals surface area contributed by atoms with Gasteiger partial charge in [-0.15, -0.1) is 11.8 Å². The summed E-state index contributed by atoms with van der Waals surface area (Å²) >= 11 is 1.26. The van der Waals surface area contributed by atoms with Crippen LogP contribution in [-0.2, 0) is 14.3 Å². The standard InChI is InChI=1S/C26H32N2O4S/c1-17-11-13-20(14-12-17)27-25(30)16-33-23-10-5-4-8-21(23)26(31)32-15-24(29)28-22-9-6-7-18(2)19(22)3/h4-5,8,10-14,18-19,22H,6-7,9,15-16H2,1-3H3,(H,27,30)(H,28,29)/t18-,19+,22-/m1/s1. The van der Waals surface area contributed by atoms with E-state index in [9.17, 15) is 14.4 Å². The second-order valence-electron chi connectivity index (χ2n) is 8.72. The smallest absolute Gasteiger partial charge is 0.339 e. The highest BCUT2D eigenvalue weighted by Gasteiger charge is 2.28. The van der Waals surface area contributed by atoms with E-state index < -0.39 is 5.97 Å². The van der Waals surface area contributed by atoms with Crippen LogP contribution in [0.15, 0.2) is 53.4 Å². The summed E-state index contributed by atoms with van der Waals surface area (Å²) in [6.45, 7) is 6.03. The van der Waals surface area contributed by atoms with Crippen molar-refractivity contribution in [2.45, 2.75) is 51.0 Å². The van der Waals surface area contributed by atoms with Crippen LogP contribution in [0.2, 0.25) is 0 Å². The van der Waals surface area contributed by atoms with Crippen molar-refractivity contribution in [2.24, 2.45) is 11.8 Å². The largest absolute Gasteiger partial charge is 0.452 e.